The first-order valence-corrected chi connectivity index (χ1v) is 9.56. The van der Waals surface area contributed by atoms with E-state index in [0.29, 0.717) is 31.0 Å². The number of H-pyrrole nitrogens is 1. The van der Waals surface area contributed by atoms with Crippen molar-refractivity contribution in [2.24, 2.45) is 0 Å². The molecule has 152 valence electrons. The number of amides is 2. The standard InChI is InChI=1S/C20H18ClF3N4O/c21-13-5-6-16-17(11-13)26-18(25-16)12-7-9-28(10-8-12)19(29)27-15-4-2-1-3-14(15)20(22,23)24/h1-6,11-12H,7-10H2,(H,25,26)(H,27,29). The first-order chi connectivity index (χ1) is 13.8. The highest BCUT2D eigenvalue weighted by atomic mass is 35.5. The summed E-state index contributed by atoms with van der Waals surface area (Å²) in [5.41, 5.74) is 0.593. The molecule has 2 N–H and O–H groups in total. The summed E-state index contributed by atoms with van der Waals surface area (Å²) in [6, 6.07) is 9.88. The number of urea groups is 1. The van der Waals surface area contributed by atoms with E-state index in [1.807, 2.05) is 12.1 Å². The van der Waals surface area contributed by atoms with Gasteiger partial charge in [-0.1, -0.05) is 23.7 Å². The zero-order valence-corrected chi connectivity index (χ0v) is 16.0. The van der Waals surface area contributed by atoms with Gasteiger partial charge in [0.05, 0.1) is 22.3 Å². The van der Waals surface area contributed by atoms with E-state index < -0.39 is 17.8 Å². The molecular weight excluding hydrogens is 405 g/mol. The first kappa shape index (κ1) is 19.6. The van der Waals surface area contributed by atoms with Gasteiger partial charge in [0.25, 0.3) is 0 Å². The molecule has 29 heavy (non-hydrogen) atoms. The molecule has 2 aromatic carbocycles. The molecule has 0 spiro atoms. The summed E-state index contributed by atoms with van der Waals surface area (Å²) in [5.74, 6) is 0.984. The highest BCUT2D eigenvalue weighted by Gasteiger charge is 2.34. The molecule has 5 nitrogen and oxygen atoms in total. The van der Waals surface area contributed by atoms with Gasteiger partial charge < -0.3 is 15.2 Å². The van der Waals surface area contributed by atoms with Gasteiger partial charge in [0.15, 0.2) is 0 Å². The lowest BCUT2D eigenvalue weighted by Gasteiger charge is -2.31. The molecule has 0 aliphatic carbocycles. The molecule has 0 atom stereocenters. The van der Waals surface area contributed by atoms with Crippen LogP contribution in [0.3, 0.4) is 0 Å². The Kier molecular flexibility index (Phi) is 5.12. The van der Waals surface area contributed by atoms with E-state index in [2.05, 4.69) is 15.3 Å². The van der Waals surface area contributed by atoms with E-state index >= 15 is 0 Å². The first-order valence-electron chi connectivity index (χ1n) is 9.18. The average Bonchev–Trinajstić information content (AvgIpc) is 3.11. The second-order valence-electron chi connectivity index (χ2n) is 7.02. The molecule has 0 radical (unpaired) electrons. The van der Waals surface area contributed by atoms with Gasteiger partial charge in [-0.15, -0.1) is 0 Å². The molecule has 2 heterocycles. The molecule has 0 saturated carbocycles. The second kappa shape index (κ2) is 7.59. The van der Waals surface area contributed by atoms with Gasteiger partial charge in [0.1, 0.15) is 5.82 Å². The molecular formula is C20H18ClF3N4O. The summed E-state index contributed by atoms with van der Waals surface area (Å²) in [4.78, 5) is 21.9. The summed E-state index contributed by atoms with van der Waals surface area (Å²) >= 11 is 6.00. The van der Waals surface area contributed by atoms with E-state index in [4.69, 9.17) is 11.6 Å². The van der Waals surface area contributed by atoms with Crippen LogP contribution >= 0.6 is 11.6 Å². The quantitative estimate of drug-likeness (QED) is 0.561. The third kappa shape index (κ3) is 4.17. The smallest absolute Gasteiger partial charge is 0.342 e. The zero-order chi connectivity index (χ0) is 20.6. The number of imidazole rings is 1. The Balaban J connectivity index is 1.41. The summed E-state index contributed by atoms with van der Waals surface area (Å²) in [5, 5.41) is 3.02. The number of para-hydroxylation sites is 1. The van der Waals surface area contributed by atoms with E-state index in [1.165, 1.54) is 23.1 Å². The number of fused-ring (bicyclic) bond motifs is 1. The van der Waals surface area contributed by atoms with Crippen molar-refractivity contribution in [3.8, 4) is 0 Å². The highest BCUT2D eigenvalue weighted by Crippen LogP contribution is 2.35. The van der Waals surface area contributed by atoms with Crippen molar-refractivity contribution in [3.63, 3.8) is 0 Å². The van der Waals surface area contributed by atoms with Crippen LogP contribution in [0.25, 0.3) is 11.0 Å². The number of halogens is 4. The van der Waals surface area contributed by atoms with Crippen molar-refractivity contribution in [2.75, 3.05) is 18.4 Å². The Morgan fingerprint density at radius 2 is 1.90 bits per heavy atom. The predicted molar refractivity (Wildman–Crippen MR) is 105 cm³/mol. The Hall–Kier alpha value is -2.74. The van der Waals surface area contributed by atoms with Gasteiger partial charge in [-0.25, -0.2) is 9.78 Å². The van der Waals surface area contributed by atoms with Gasteiger partial charge in [-0.3, -0.25) is 0 Å². The fraction of sp³-hybridized carbons (Fsp3) is 0.300. The number of aromatic nitrogens is 2. The van der Waals surface area contributed by atoms with Crippen LogP contribution in [-0.4, -0.2) is 34.0 Å². The van der Waals surface area contributed by atoms with Crippen molar-refractivity contribution in [3.05, 3.63) is 58.9 Å². The number of aromatic amines is 1. The number of anilines is 1. The number of hydrogen-bond acceptors (Lipinski definition) is 2. The Morgan fingerprint density at radius 1 is 1.17 bits per heavy atom. The maximum Gasteiger partial charge on any atom is 0.418 e. The third-order valence-electron chi connectivity index (χ3n) is 5.11. The normalized spacial score (nSPS) is 15.7. The van der Waals surface area contributed by atoms with Crippen molar-refractivity contribution in [1.29, 1.82) is 0 Å². The maximum atomic E-state index is 13.1. The second-order valence-corrected chi connectivity index (χ2v) is 7.45. The third-order valence-corrected chi connectivity index (χ3v) is 5.34. The molecule has 1 fully saturated rings. The molecule has 1 aliphatic heterocycles. The van der Waals surface area contributed by atoms with Crippen LogP contribution in [0, 0.1) is 0 Å². The number of nitrogens with zero attached hydrogens (tertiary/aromatic N) is 2. The van der Waals surface area contributed by atoms with E-state index in [9.17, 15) is 18.0 Å². The van der Waals surface area contributed by atoms with Crippen LogP contribution in [0.1, 0.15) is 30.1 Å². The minimum absolute atomic E-state index is 0.146. The number of likely N-dealkylation sites (tertiary alicyclic amines) is 1. The van der Waals surface area contributed by atoms with Gasteiger partial charge in [0.2, 0.25) is 0 Å². The topological polar surface area (TPSA) is 61.0 Å². The van der Waals surface area contributed by atoms with Crippen LogP contribution < -0.4 is 5.32 Å². The van der Waals surface area contributed by atoms with Crippen LogP contribution in [-0.2, 0) is 6.18 Å². The van der Waals surface area contributed by atoms with Crippen LogP contribution in [0.4, 0.5) is 23.7 Å². The number of carbonyl (C=O) groups excluding carboxylic acids is 1. The van der Waals surface area contributed by atoms with Crippen molar-refractivity contribution in [2.45, 2.75) is 24.9 Å². The van der Waals surface area contributed by atoms with Crippen LogP contribution in [0.5, 0.6) is 0 Å². The van der Waals surface area contributed by atoms with Gasteiger partial charge in [0, 0.05) is 24.0 Å². The summed E-state index contributed by atoms with van der Waals surface area (Å²) in [6.45, 7) is 0.866. The number of benzene rings is 2. The molecule has 1 aromatic heterocycles. The fourth-order valence-corrected chi connectivity index (χ4v) is 3.76. The minimum atomic E-state index is -4.53. The van der Waals surface area contributed by atoms with Crippen LogP contribution in [0.2, 0.25) is 5.02 Å². The Morgan fingerprint density at radius 3 is 2.62 bits per heavy atom. The lowest BCUT2D eigenvalue weighted by Crippen LogP contribution is -2.41. The van der Waals surface area contributed by atoms with Gasteiger partial charge in [-0.05, 0) is 43.2 Å². The molecule has 4 rings (SSSR count). The number of hydrogen-bond donors (Lipinski definition) is 2. The summed E-state index contributed by atoms with van der Waals surface area (Å²) in [6.07, 6.45) is -3.19. The lowest BCUT2D eigenvalue weighted by atomic mass is 9.96. The van der Waals surface area contributed by atoms with E-state index in [-0.39, 0.29) is 11.6 Å². The zero-order valence-electron chi connectivity index (χ0n) is 15.3. The summed E-state index contributed by atoms with van der Waals surface area (Å²) < 4.78 is 39.3. The lowest BCUT2D eigenvalue weighted by molar-refractivity contribution is -0.136. The molecule has 1 aliphatic rings. The van der Waals surface area contributed by atoms with Crippen molar-refractivity contribution in [1.82, 2.24) is 14.9 Å². The van der Waals surface area contributed by atoms with E-state index in [1.54, 1.807) is 6.07 Å². The molecule has 3 aromatic rings. The predicted octanol–water partition coefficient (Wildman–Crippen LogP) is 5.65. The molecule has 0 bridgehead atoms. The van der Waals surface area contributed by atoms with Gasteiger partial charge >= 0.3 is 12.2 Å². The van der Waals surface area contributed by atoms with Crippen molar-refractivity contribution < 1.29 is 18.0 Å². The maximum absolute atomic E-state index is 13.1. The number of alkyl halides is 3. The Labute approximate surface area is 169 Å². The van der Waals surface area contributed by atoms with Crippen molar-refractivity contribution >= 4 is 34.4 Å². The minimum Gasteiger partial charge on any atom is -0.342 e. The number of carbonyl (C=O) groups is 1. The SMILES string of the molecule is O=C(Nc1ccccc1C(F)(F)F)N1CCC(c2nc3ccc(Cl)cc3[nH]2)CC1. The number of rotatable bonds is 2. The molecule has 2 amide bonds. The number of piperidine rings is 1. The molecule has 0 unspecified atom stereocenters. The average molecular weight is 423 g/mol. The molecule has 1 saturated heterocycles. The largest absolute Gasteiger partial charge is 0.418 e. The molecule has 9 heteroatoms. The monoisotopic (exact) mass is 422 g/mol. The van der Waals surface area contributed by atoms with Gasteiger partial charge in [-0.2, -0.15) is 13.2 Å². The van der Waals surface area contributed by atoms with Crippen LogP contribution in [0.15, 0.2) is 42.5 Å². The van der Waals surface area contributed by atoms with E-state index in [0.717, 1.165) is 22.9 Å². The Bertz CT molecular complexity index is 1040. The highest BCUT2D eigenvalue weighted by molar-refractivity contribution is 6.31. The fourth-order valence-electron chi connectivity index (χ4n) is 3.58. The number of nitrogens with one attached hydrogen (secondary N) is 2. The summed E-state index contributed by atoms with van der Waals surface area (Å²) in [7, 11) is 0.